The standard InChI is InChI=1S/C52H30O2/c1-2-14-32-29-48-45(28-31(32)13-1)46-30-44(35-17-3-8-23-41(35)52(46)54-48)33-15-11-16-34(27-33)49-37-19-4-6-21-39(37)50(40-22-7-5-20-38(40)49)43-25-12-24-42-36-18-9-10-26-47(36)53-51(42)43/h1-30H. The van der Waals surface area contributed by atoms with Gasteiger partial charge in [-0.3, -0.25) is 0 Å². The third kappa shape index (κ3) is 4.17. The predicted octanol–water partition coefficient (Wildman–Crippen LogP) is 15.1. The van der Waals surface area contributed by atoms with Crippen LogP contribution in [-0.2, 0) is 0 Å². The number of hydrogen-bond acceptors (Lipinski definition) is 2. The number of benzene rings is 10. The van der Waals surface area contributed by atoms with E-state index in [1.54, 1.807) is 0 Å². The van der Waals surface area contributed by atoms with Gasteiger partial charge >= 0.3 is 0 Å². The first-order valence-electron chi connectivity index (χ1n) is 18.5. The van der Waals surface area contributed by atoms with Gasteiger partial charge in [-0.15, -0.1) is 0 Å². The molecule has 0 unspecified atom stereocenters. The highest BCUT2D eigenvalue weighted by molar-refractivity contribution is 6.25. The second-order valence-electron chi connectivity index (χ2n) is 14.3. The molecule has 2 heteroatoms. The van der Waals surface area contributed by atoms with Crippen molar-refractivity contribution >= 4 is 87.0 Å². The molecule has 0 aliphatic heterocycles. The Bertz CT molecular complexity index is 3450. The van der Waals surface area contributed by atoms with Crippen molar-refractivity contribution in [1.29, 1.82) is 0 Å². The van der Waals surface area contributed by atoms with Gasteiger partial charge in [-0.25, -0.2) is 0 Å². The first-order chi connectivity index (χ1) is 26.8. The summed E-state index contributed by atoms with van der Waals surface area (Å²) in [5.74, 6) is 0. The maximum atomic E-state index is 6.64. The van der Waals surface area contributed by atoms with Crippen LogP contribution in [0.25, 0.3) is 120 Å². The molecule has 54 heavy (non-hydrogen) atoms. The van der Waals surface area contributed by atoms with Crippen LogP contribution in [0.5, 0.6) is 0 Å². The summed E-state index contributed by atoms with van der Waals surface area (Å²) >= 11 is 0. The van der Waals surface area contributed by atoms with Crippen molar-refractivity contribution < 1.29 is 8.83 Å². The van der Waals surface area contributed by atoms with Crippen LogP contribution in [-0.4, -0.2) is 0 Å². The van der Waals surface area contributed by atoms with Crippen molar-refractivity contribution in [2.24, 2.45) is 0 Å². The van der Waals surface area contributed by atoms with Gasteiger partial charge in [-0.1, -0.05) is 152 Å². The fourth-order valence-electron chi connectivity index (χ4n) is 9.04. The average Bonchev–Trinajstić information content (AvgIpc) is 3.80. The SMILES string of the molecule is c1cc(-c2c3ccccc3c(-c3cccc4c3oc3ccccc34)c3ccccc23)cc(-c2cc3c4cc5ccccc5cc4oc3c3ccccc23)c1. The largest absolute Gasteiger partial charge is 0.455 e. The summed E-state index contributed by atoms with van der Waals surface area (Å²) in [6.07, 6.45) is 0. The second-order valence-corrected chi connectivity index (χ2v) is 14.3. The maximum Gasteiger partial charge on any atom is 0.143 e. The summed E-state index contributed by atoms with van der Waals surface area (Å²) in [5, 5.41) is 14.1. The fourth-order valence-corrected chi connectivity index (χ4v) is 9.04. The molecule has 12 aromatic rings. The Kier molecular flexibility index (Phi) is 6.09. The zero-order valence-electron chi connectivity index (χ0n) is 29.1. The van der Waals surface area contributed by atoms with Crippen LogP contribution in [0, 0.1) is 0 Å². The Labute approximate surface area is 310 Å². The molecule has 0 amide bonds. The van der Waals surface area contributed by atoms with Crippen LogP contribution in [0.3, 0.4) is 0 Å². The van der Waals surface area contributed by atoms with Crippen LogP contribution < -0.4 is 0 Å². The Morgan fingerprint density at radius 1 is 0.259 bits per heavy atom. The van der Waals surface area contributed by atoms with Crippen molar-refractivity contribution in [2.45, 2.75) is 0 Å². The van der Waals surface area contributed by atoms with E-state index in [0.29, 0.717) is 0 Å². The van der Waals surface area contributed by atoms with E-state index >= 15 is 0 Å². The van der Waals surface area contributed by atoms with Gasteiger partial charge in [0.2, 0.25) is 0 Å². The summed E-state index contributed by atoms with van der Waals surface area (Å²) in [7, 11) is 0. The van der Waals surface area contributed by atoms with Crippen molar-refractivity contribution in [1.82, 2.24) is 0 Å². The molecule has 0 aliphatic carbocycles. The summed E-state index contributed by atoms with van der Waals surface area (Å²) in [5.41, 5.74) is 10.8. The average molecular weight is 687 g/mol. The summed E-state index contributed by atoms with van der Waals surface area (Å²) in [6.45, 7) is 0. The molecule has 0 spiro atoms. The Morgan fingerprint density at radius 2 is 0.796 bits per heavy atom. The molecule has 250 valence electrons. The van der Waals surface area contributed by atoms with E-state index in [1.165, 1.54) is 65.5 Å². The molecule has 2 nitrogen and oxygen atoms in total. The Balaban J connectivity index is 1.12. The monoisotopic (exact) mass is 686 g/mol. The first kappa shape index (κ1) is 29.4. The van der Waals surface area contributed by atoms with Crippen LogP contribution in [0.2, 0.25) is 0 Å². The first-order valence-corrected chi connectivity index (χ1v) is 18.5. The highest BCUT2D eigenvalue weighted by Crippen LogP contribution is 2.47. The molecular weight excluding hydrogens is 657 g/mol. The summed E-state index contributed by atoms with van der Waals surface area (Å²) in [6, 6.07) is 65.6. The molecule has 0 saturated heterocycles. The van der Waals surface area contributed by atoms with Gasteiger partial charge in [0, 0.05) is 38.1 Å². The predicted molar refractivity (Wildman–Crippen MR) is 227 cm³/mol. The Hall–Kier alpha value is -7.16. The third-order valence-electron chi connectivity index (χ3n) is 11.4. The maximum absolute atomic E-state index is 6.64. The third-order valence-corrected chi connectivity index (χ3v) is 11.4. The molecule has 0 bridgehead atoms. The van der Waals surface area contributed by atoms with Crippen LogP contribution in [0.4, 0.5) is 0 Å². The summed E-state index contributed by atoms with van der Waals surface area (Å²) in [4.78, 5) is 0. The normalized spacial score (nSPS) is 12.1. The summed E-state index contributed by atoms with van der Waals surface area (Å²) < 4.78 is 13.3. The van der Waals surface area contributed by atoms with E-state index < -0.39 is 0 Å². The van der Waals surface area contributed by atoms with Gasteiger partial charge in [0.1, 0.15) is 22.3 Å². The minimum atomic E-state index is 0.907. The lowest BCUT2D eigenvalue weighted by molar-refractivity contribution is 0.670. The van der Waals surface area contributed by atoms with Gasteiger partial charge in [0.15, 0.2) is 0 Å². The van der Waals surface area contributed by atoms with E-state index in [2.05, 4.69) is 176 Å². The fraction of sp³-hybridized carbons (Fsp3) is 0. The molecule has 0 radical (unpaired) electrons. The van der Waals surface area contributed by atoms with Gasteiger partial charge in [-0.05, 0) is 90.3 Å². The van der Waals surface area contributed by atoms with Crippen molar-refractivity contribution in [2.75, 3.05) is 0 Å². The molecular formula is C52H30O2. The number of furan rings is 2. The molecule has 0 saturated carbocycles. The van der Waals surface area contributed by atoms with E-state index in [1.807, 2.05) is 6.07 Å². The van der Waals surface area contributed by atoms with Crippen LogP contribution in [0.15, 0.2) is 191 Å². The van der Waals surface area contributed by atoms with E-state index in [-0.39, 0.29) is 0 Å². The lowest BCUT2D eigenvalue weighted by Crippen LogP contribution is -1.91. The van der Waals surface area contributed by atoms with Crippen molar-refractivity contribution in [3.63, 3.8) is 0 Å². The van der Waals surface area contributed by atoms with E-state index in [9.17, 15) is 0 Å². The molecule has 0 fully saturated rings. The molecule has 2 heterocycles. The lowest BCUT2D eigenvalue weighted by atomic mass is 9.85. The van der Waals surface area contributed by atoms with Crippen molar-refractivity contribution in [3.8, 4) is 33.4 Å². The topological polar surface area (TPSA) is 26.3 Å². The van der Waals surface area contributed by atoms with Crippen LogP contribution in [0.1, 0.15) is 0 Å². The smallest absolute Gasteiger partial charge is 0.143 e. The molecule has 0 N–H and O–H groups in total. The lowest BCUT2D eigenvalue weighted by Gasteiger charge is -2.18. The van der Waals surface area contributed by atoms with Crippen LogP contribution >= 0.6 is 0 Å². The highest BCUT2D eigenvalue weighted by Gasteiger charge is 2.21. The zero-order valence-corrected chi connectivity index (χ0v) is 29.1. The minimum Gasteiger partial charge on any atom is -0.455 e. The molecule has 10 aromatic carbocycles. The quantitative estimate of drug-likeness (QED) is 0.173. The highest BCUT2D eigenvalue weighted by atomic mass is 16.3. The second kappa shape index (κ2) is 11.2. The molecule has 0 atom stereocenters. The zero-order chi connectivity index (χ0) is 35.3. The van der Waals surface area contributed by atoms with Gasteiger partial charge in [-0.2, -0.15) is 0 Å². The van der Waals surface area contributed by atoms with Gasteiger partial charge in [0.25, 0.3) is 0 Å². The van der Waals surface area contributed by atoms with Crippen molar-refractivity contribution in [3.05, 3.63) is 182 Å². The van der Waals surface area contributed by atoms with E-state index in [4.69, 9.17) is 8.83 Å². The van der Waals surface area contributed by atoms with E-state index in [0.717, 1.165) is 54.8 Å². The van der Waals surface area contributed by atoms with Gasteiger partial charge in [0.05, 0.1) is 0 Å². The molecule has 12 rings (SSSR count). The number of rotatable bonds is 3. The minimum absolute atomic E-state index is 0.907. The number of hydrogen-bond donors (Lipinski definition) is 0. The number of para-hydroxylation sites is 2. The molecule has 0 aliphatic rings. The Morgan fingerprint density at radius 3 is 1.56 bits per heavy atom. The molecule has 2 aromatic heterocycles. The number of fused-ring (bicyclic) bond motifs is 11. The van der Waals surface area contributed by atoms with Gasteiger partial charge < -0.3 is 8.83 Å².